The number of nitrogens with one attached hydrogen (secondary N) is 1. The Bertz CT molecular complexity index is 1780. The monoisotopic (exact) mass is 626 g/mol. The maximum Gasteiger partial charge on any atom is 0.253 e. The minimum absolute atomic E-state index is 0.00479. The van der Waals surface area contributed by atoms with Gasteiger partial charge in [-0.15, -0.1) is 0 Å². The van der Waals surface area contributed by atoms with Crippen molar-refractivity contribution in [3.63, 3.8) is 0 Å². The third-order valence-corrected chi connectivity index (χ3v) is 9.65. The van der Waals surface area contributed by atoms with Gasteiger partial charge in [0, 0.05) is 30.8 Å². The molecule has 4 aromatic carbocycles. The topological polar surface area (TPSA) is 102 Å². The Morgan fingerprint density at radius 3 is 2.27 bits per heavy atom. The number of nitrogens with zero attached hydrogens (tertiary/aromatic N) is 1. The summed E-state index contributed by atoms with van der Waals surface area (Å²) in [5, 5.41) is 2.92. The first-order valence-corrected chi connectivity index (χ1v) is 16.7. The first-order valence-electron chi connectivity index (χ1n) is 15.1. The molecule has 1 aliphatic heterocycles. The van der Waals surface area contributed by atoms with Crippen LogP contribution in [0.4, 0.5) is 0 Å². The summed E-state index contributed by atoms with van der Waals surface area (Å²) in [6, 6.07) is 26.9. The van der Waals surface area contributed by atoms with Crippen molar-refractivity contribution in [3.8, 4) is 22.6 Å². The first-order chi connectivity index (χ1) is 21.8. The van der Waals surface area contributed by atoms with E-state index in [0.29, 0.717) is 47.4 Å². The quantitative estimate of drug-likeness (QED) is 0.195. The van der Waals surface area contributed by atoms with E-state index in [9.17, 15) is 18.0 Å². The number of benzene rings is 4. The van der Waals surface area contributed by atoms with Crippen LogP contribution in [0.25, 0.3) is 11.1 Å². The van der Waals surface area contributed by atoms with Gasteiger partial charge in [0.05, 0.1) is 20.0 Å². The second-order valence-corrected chi connectivity index (χ2v) is 13.1. The van der Waals surface area contributed by atoms with Crippen molar-refractivity contribution in [2.24, 2.45) is 0 Å². The number of aryl methyl sites for hydroxylation is 1. The van der Waals surface area contributed by atoms with Gasteiger partial charge < -0.3 is 19.7 Å². The Morgan fingerprint density at radius 2 is 1.49 bits per heavy atom. The van der Waals surface area contributed by atoms with E-state index in [1.54, 1.807) is 55.6 Å². The lowest BCUT2D eigenvalue weighted by Crippen LogP contribution is -2.27. The Balaban J connectivity index is 1.26. The molecule has 1 aliphatic rings. The average molecular weight is 627 g/mol. The number of sulfone groups is 1. The second kappa shape index (κ2) is 14.4. The normalized spacial score (nSPS) is 13.0. The van der Waals surface area contributed by atoms with Gasteiger partial charge in [0.25, 0.3) is 11.8 Å². The summed E-state index contributed by atoms with van der Waals surface area (Å²) in [5.41, 5.74) is 4.22. The van der Waals surface area contributed by atoms with Crippen molar-refractivity contribution in [1.29, 1.82) is 0 Å². The molecular formula is C36H38N2O6S. The molecule has 1 heterocycles. The SMILES string of the molecule is COc1cccc(C(=O)NCCCc2cccc(CS(=O)(=O)c3cc(-c4cccc(C(=O)N5CCCC5)c4)ccc3OC)c2)c1. The fraction of sp³-hybridized carbons (Fsp3) is 0.278. The summed E-state index contributed by atoms with van der Waals surface area (Å²) in [4.78, 5) is 27.4. The highest BCUT2D eigenvalue weighted by molar-refractivity contribution is 7.90. The molecule has 8 nitrogen and oxygen atoms in total. The molecule has 0 atom stereocenters. The van der Waals surface area contributed by atoms with Crippen LogP contribution in [0.2, 0.25) is 0 Å². The molecule has 1 N–H and O–H groups in total. The number of ether oxygens (including phenoxy) is 2. The molecular weight excluding hydrogens is 588 g/mol. The molecule has 0 aromatic heterocycles. The second-order valence-electron chi connectivity index (χ2n) is 11.1. The highest BCUT2D eigenvalue weighted by Crippen LogP contribution is 2.33. The highest BCUT2D eigenvalue weighted by Gasteiger charge is 2.23. The zero-order valence-corrected chi connectivity index (χ0v) is 26.4. The van der Waals surface area contributed by atoms with Crippen molar-refractivity contribution >= 4 is 21.7 Å². The molecule has 0 bridgehead atoms. The molecule has 1 saturated heterocycles. The molecule has 5 rings (SSSR count). The molecule has 234 valence electrons. The molecule has 2 amide bonds. The minimum Gasteiger partial charge on any atom is -0.497 e. The number of methoxy groups -OCH3 is 2. The summed E-state index contributed by atoms with van der Waals surface area (Å²) < 4.78 is 38.1. The van der Waals surface area contributed by atoms with Crippen LogP contribution in [-0.4, -0.2) is 59.0 Å². The van der Waals surface area contributed by atoms with Crippen LogP contribution in [0.5, 0.6) is 11.5 Å². The number of carbonyl (C=O) groups is 2. The Kier molecular flexibility index (Phi) is 10.2. The van der Waals surface area contributed by atoms with Gasteiger partial charge in [-0.1, -0.05) is 48.5 Å². The maximum absolute atomic E-state index is 13.7. The van der Waals surface area contributed by atoms with Crippen LogP contribution < -0.4 is 14.8 Å². The van der Waals surface area contributed by atoms with Crippen LogP contribution in [-0.2, 0) is 22.0 Å². The number of amides is 2. The zero-order valence-electron chi connectivity index (χ0n) is 25.6. The van der Waals surface area contributed by atoms with E-state index in [0.717, 1.165) is 37.1 Å². The summed E-state index contributed by atoms with van der Waals surface area (Å²) in [6.07, 6.45) is 3.40. The van der Waals surface area contributed by atoms with Crippen molar-refractivity contribution in [3.05, 3.63) is 113 Å². The van der Waals surface area contributed by atoms with Gasteiger partial charge in [-0.25, -0.2) is 8.42 Å². The van der Waals surface area contributed by atoms with E-state index in [1.165, 1.54) is 7.11 Å². The largest absolute Gasteiger partial charge is 0.497 e. The van der Waals surface area contributed by atoms with E-state index < -0.39 is 9.84 Å². The fourth-order valence-electron chi connectivity index (χ4n) is 5.57. The van der Waals surface area contributed by atoms with Crippen molar-refractivity contribution in [1.82, 2.24) is 10.2 Å². The van der Waals surface area contributed by atoms with Crippen LogP contribution in [0.1, 0.15) is 51.1 Å². The van der Waals surface area contributed by atoms with E-state index in [2.05, 4.69) is 5.32 Å². The molecule has 0 spiro atoms. The number of hydrogen-bond acceptors (Lipinski definition) is 6. The third kappa shape index (κ3) is 7.91. The van der Waals surface area contributed by atoms with E-state index in [1.807, 2.05) is 47.4 Å². The van der Waals surface area contributed by atoms with Gasteiger partial charge in [0.2, 0.25) is 0 Å². The van der Waals surface area contributed by atoms with Gasteiger partial charge in [-0.3, -0.25) is 9.59 Å². The van der Waals surface area contributed by atoms with Gasteiger partial charge in [0.15, 0.2) is 9.84 Å². The van der Waals surface area contributed by atoms with Crippen LogP contribution in [0, 0.1) is 0 Å². The molecule has 0 aliphatic carbocycles. The molecule has 1 fully saturated rings. The predicted octanol–water partition coefficient (Wildman–Crippen LogP) is 5.94. The van der Waals surface area contributed by atoms with Crippen LogP contribution >= 0.6 is 0 Å². The summed E-state index contributed by atoms with van der Waals surface area (Å²) >= 11 is 0. The highest BCUT2D eigenvalue weighted by atomic mass is 32.2. The average Bonchev–Trinajstić information content (AvgIpc) is 3.61. The smallest absolute Gasteiger partial charge is 0.253 e. The van der Waals surface area contributed by atoms with E-state index >= 15 is 0 Å². The number of rotatable bonds is 12. The Morgan fingerprint density at radius 1 is 0.778 bits per heavy atom. The van der Waals surface area contributed by atoms with Crippen LogP contribution in [0.15, 0.2) is 95.9 Å². The molecule has 0 radical (unpaired) electrons. The third-order valence-electron chi connectivity index (χ3n) is 7.94. The van der Waals surface area contributed by atoms with E-state index in [4.69, 9.17) is 9.47 Å². The lowest BCUT2D eigenvalue weighted by atomic mass is 10.0. The fourth-order valence-corrected chi connectivity index (χ4v) is 7.11. The summed E-state index contributed by atoms with van der Waals surface area (Å²) in [7, 11) is -0.768. The van der Waals surface area contributed by atoms with Gasteiger partial charge in [-0.05, 0) is 90.4 Å². The number of carbonyl (C=O) groups excluding carboxylic acids is 2. The zero-order chi connectivity index (χ0) is 31.8. The van der Waals surface area contributed by atoms with Gasteiger partial charge in [-0.2, -0.15) is 0 Å². The molecule has 0 unspecified atom stereocenters. The standard InChI is InChI=1S/C36H38N2O6S/c1-43-32-15-7-13-30(23-32)35(39)37-18-8-11-26-9-5-10-27(21-26)25-45(41,42)34-24-29(16-17-33(34)44-2)28-12-6-14-31(22-28)36(40)38-19-3-4-20-38/h5-7,9-10,12-17,21-24H,3-4,8,11,18-20,25H2,1-2H3,(H,37,39). The Labute approximate surface area is 264 Å². The van der Waals surface area contributed by atoms with Crippen molar-refractivity contribution < 1.29 is 27.5 Å². The van der Waals surface area contributed by atoms with Crippen molar-refractivity contribution in [2.75, 3.05) is 33.9 Å². The lowest BCUT2D eigenvalue weighted by molar-refractivity contribution is 0.0792. The molecule has 9 heteroatoms. The maximum atomic E-state index is 13.7. The minimum atomic E-state index is -3.78. The number of likely N-dealkylation sites (tertiary alicyclic amines) is 1. The predicted molar refractivity (Wildman–Crippen MR) is 175 cm³/mol. The first kappa shape index (κ1) is 31.8. The summed E-state index contributed by atoms with van der Waals surface area (Å²) in [5.74, 6) is 0.522. The molecule has 4 aromatic rings. The number of hydrogen-bond donors (Lipinski definition) is 1. The molecule has 45 heavy (non-hydrogen) atoms. The summed E-state index contributed by atoms with van der Waals surface area (Å²) in [6.45, 7) is 2.00. The Hall–Kier alpha value is -4.63. The van der Waals surface area contributed by atoms with E-state index in [-0.39, 0.29) is 28.2 Å². The van der Waals surface area contributed by atoms with Gasteiger partial charge in [0.1, 0.15) is 16.4 Å². The van der Waals surface area contributed by atoms with Crippen molar-refractivity contribution in [2.45, 2.75) is 36.3 Å². The lowest BCUT2D eigenvalue weighted by Gasteiger charge is -2.16. The van der Waals surface area contributed by atoms with Gasteiger partial charge >= 0.3 is 0 Å². The van der Waals surface area contributed by atoms with Crippen LogP contribution in [0.3, 0.4) is 0 Å². The molecule has 0 saturated carbocycles.